The molecule has 2 aromatic rings. The van der Waals surface area contributed by atoms with Crippen molar-refractivity contribution in [1.29, 1.82) is 0 Å². The fourth-order valence-corrected chi connectivity index (χ4v) is 4.20. The minimum Gasteiger partial charge on any atom is -0.341 e. The molecule has 2 saturated heterocycles. The van der Waals surface area contributed by atoms with Gasteiger partial charge in [0.2, 0.25) is 5.95 Å². The summed E-state index contributed by atoms with van der Waals surface area (Å²) in [4.78, 5) is 13.7. The molecule has 1 atom stereocenters. The number of anilines is 1. The Labute approximate surface area is 143 Å². The number of hydrogen-bond donors (Lipinski definition) is 0. The maximum atomic E-state index is 4.69. The first-order chi connectivity index (χ1) is 11.7. The number of likely N-dealkylation sites (tertiary alicyclic amines) is 1. The van der Waals surface area contributed by atoms with Gasteiger partial charge in [0.25, 0.3) is 0 Å². The van der Waals surface area contributed by atoms with E-state index in [-0.39, 0.29) is 0 Å². The highest BCUT2D eigenvalue weighted by Gasteiger charge is 2.32. The molecular weight excluding hydrogens is 300 g/mol. The number of nitrogens with zero attached hydrogens (tertiary/aromatic N) is 6. The summed E-state index contributed by atoms with van der Waals surface area (Å²) in [5, 5.41) is 4.69. The van der Waals surface area contributed by atoms with Gasteiger partial charge in [-0.3, -0.25) is 9.58 Å². The second-order valence-corrected chi connectivity index (χ2v) is 7.08. The van der Waals surface area contributed by atoms with Crippen LogP contribution in [0.1, 0.15) is 36.7 Å². The van der Waals surface area contributed by atoms with Crippen LogP contribution in [0.3, 0.4) is 0 Å². The van der Waals surface area contributed by atoms with Gasteiger partial charge < -0.3 is 4.90 Å². The lowest BCUT2D eigenvalue weighted by molar-refractivity contribution is 0.199. The summed E-state index contributed by atoms with van der Waals surface area (Å²) in [5.74, 6) is 0.873. The zero-order valence-corrected chi connectivity index (χ0v) is 14.6. The zero-order valence-electron chi connectivity index (χ0n) is 14.6. The van der Waals surface area contributed by atoms with Gasteiger partial charge in [0, 0.05) is 50.3 Å². The van der Waals surface area contributed by atoms with Crippen LogP contribution in [0.25, 0.3) is 0 Å². The van der Waals surface area contributed by atoms with Crippen molar-refractivity contribution in [2.45, 2.75) is 45.2 Å². The lowest BCUT2D eigenvalue weighted by atomic mass is 10.0. The van der Waals surface area contributed by atoms with Crippen LogP contribution < -0.4 is 4.90 Å². The van der Waals surface area contributed by atoms with Crippen molar-refractivity contribution in [1.82, 2.24) is 24.6 Å². The molecule has 0 saturated carbocycles. The summed E-state index contributed by atoms with van der Waals surface area (Å²) in [5.41, 5.74) is 2.41. The van der Waals surface area contributed by atoms with Crippen molar-refractivity contribution >= 4 is 5.95 Å². The third-order valence-corrected chi connectivity index (χ3v) is 5.40. The van der Waals surface area contributed by atoms with Crippen molar-refractivity contribution in [2.24, 2.45) is 0 Å². The predicted octanol–water partition coefficient (Wildman–Crippen LogP) is 2.21. The van der Waals surface area contributed by atoms with E-state index in [1.165, 1.54) is 31.5 Å². The van der Waals surface area contributed by atoms with Crippen LogP contribution in [0.5, 0.6) is 0 Å². The molecule has 6 nitrogen and oxygen atoms in total. The van der Waals surface area contributed by atoms with Crippen molar-refractivity contribution in [3.8, 4) is 0 Å². The molecule has 0 amide bonds. The lowest BCUT2D eigenvalue weighted by Gasteiger charge is -2.36. The molecule has 0 aliphatic carbocycles. The number of aromatic nitrogens is 4. The van der Waals surface area contributed by atoms with E-state index in [9.17, 15) is 0 Å². The van der Waals surface area contributed by atoms with Gasteiger partial charge in [0.05, 0.1) is 11.7 Å². The summed E-state index contributed by atoms with van der Waals surface area (Å²) in [6.07, 6.45) is 7.26. The van der Waals surface area contributed by atoms with Gasteiger partial charge in [0.15, 0.2) is 0 Å². The summed E-state index contributed by atoms with van der Waals surface area (Å²) >= 11 is 0. The number of aryl methyl sites for hydroxylation is 2. The van der Waals surface area contributed by atoms with Gasteiger partial charge in [-0.15, -0.1) is 0 Å². The molecule has 2 aliphatic rings. The van der Waals surface area contributed by atoms with Crippen LogP contribution in [-0.4, -0.2) is 56.9 Å². The quantitative estimate of drug-likeness (QED) is 0.865. The van der Waals surface area contributed by atoms with E-state index in [1.54, 1.807) is 0 Å². The maximum Gasteiger partial charge on any atom is 0.225 e. The molecule has 24 heavy (non-hydrogen) atoms. The van der Waals surface area contributed by atoms with E-state index in [1.807, 2.05) is 18.5 Å². The summed E-state index contributed by atoms with van der Waals surface area (Å²) in [6.45, 7) is 8.67. The summed E-state index contributed by atoms with van der Waals surface area (Å²) < 4.78 is 2.24. The fourth-order valence-electron chi connectivity index (χ4n) is 4.20. The Morgan fingerprint density at radius 3 is 2.33 bits per heavy atom. The molecule has 2 aromatic heterocycles. The zero-order chi connectivity index (χ0) is 16.5. The van der Waals surface area contributed by atoms with Crippen molar-refractivity contribution in [2.75, 3.05) is 31.1 Å². The van der Waals surface area contributed by atoms with Crippen molar-refractivity contribution < 1.29 is 0 Å². The predicted molar refractivity (Wildman–Crippen MR) is 94.2 cm³/mol. The molecule has 4 heterocycles. The van der Waals surface area contributed by atoms with E-state index in [2.05, 4.69) is 49.5 Å². The largest absolute Gasteiger partial charge is 0.341 e. The van der Waals surface area contributed by atoms with Crippen molar-refractivity contribution in [3.05, 3.63) is 35.9 Å². The van der Waals surface area contributed by atoms with E-state index in [4.69, 9.17) is 0 Å². The Kier molecular flexibility index (Phi) is 4.22. The summed E-state index contributed by atoms with van der Waals surface area (Å²) in [6, 6.07) is 5.28. The molecule has 2 aliphatic heterocycles. The lowest BCUT2D eigenvalue weighted by Crippen LogP contribution is -2.44. The topological polar surface area (TPSA) is 50.1 Å². The number of rotatable bonds is 3. The molecule has 0 N–H and O–H groups in total. The molecule has 0 bridgehead atoms. The van der Waals surface area contributed by atoms with Gasteiger partial charge in [-0.2, -0.15) is 5.10 Å². The van der Waals surface area contributed by atoms with Crippen LogP contribution in [0.15, 0.2) is 24.5 Å². The van der Waals surface area contributed by atoms with Crippen LogP contribution in [0.4, 0.5) is 5.95 Å². The number of hydrogen-bond acceptors (Lipinski definition) is 5. The second kappa shape index (κ2) is 6.51. The van der Waals surface area contributed by atoms with Crippen molar-refractivity contribution in [3.63, 3.8) is 0 Å². The third kappa shape index (κ3) is 3.02. The minimum absolute atomic E-state index is 0.536. The average Bonchev–Trinajstić information content (AvgIpc) is 3.22. The highest BCUT2D eigenvalue weighted by molar-refractivity contribution is 5.29. The van der Waals surface area contributed by atoms with Crippen LogP contribution >= 0.6 is 0 Å². The number of piperidine rings is 1. The fraction of sp³-hybridized carbons (Fsp3) is 0.611. The molecule has 128 valence electrons. The molecule has 1 unspecified atom stereocenters. The standard InChI is InChI=1S/C18H26N6/c1-14-12-15(2)24(21-14)17-6-11-23(13-17)16-4-9-22(10-5-16)18-19-7-3-8-20-18/h3,7-8,12,16-17H,4-6,9-11,13H2,1-2H3. The van der Waals surface area contributed by atoms with E-state index in [0.717, 1.165) is 31.3 Å². The van der Waals surface area contributed by atoms with Gasteiger partial charge in [-0.05, 0) is 45.2 Å². The molecule has 4 rings (SSSR count). The molecule has 0 spiro atoms. The Morgan fingerprint density at radius 1 is 0.958 bits per heavy atom. The average molecular weight is 326 g/mol. The first-order valence-corrected chi connectivity index (χ1v) is 8.99. The highest BCUT2D eigenvalue weighted by Crippen LogP contribution is 2.28. The monoisotopic (exact) mass is 326 g/mol. The molecule has 0 aromatic carbocycles. The van der Waals surface area contributed by atoms with Gasteiger partial charge in [-0.25, -0.2) is 9.97 Å². The smallest absolute Gasteiger partial charge is 0.225 e. The normalized spacial score (nSPS) is 23.1. The molecule has 2 fully saturated rings. The SMILES string of the molecule is Cc1cc(C)n(C2CCN(C3CCN(c4ncccn4)CC3)C2)n1. The Hall–Kier alpha value is -1.95. The maximum absolute atomic E-state index is 4.69. The Balaban J connectivity index is 1.35. The summed E-state index contributed by atoms with van der Waals surface area (Å²) in [7, 11) is 0. The molecule has 6 heteroatoms. The van der Waals surface area contributed by atoms with E-state index in [0.29, 0.717) is 12.1 Å². The van der Waals surface area contributed by atoms with Gasteiger partial charge in [-0.1, -0.05) is 0 Å². The Morgan fingerprint density at radius 2 is 1.67 bits per heavy atom. The van der Waals surface area contributed by atoms with E-state index < -0.39 is 0 Å². The van der Waals surface area contributed by atoms with Crippen LogP contribution in [-0.2, 0) is 0 Å². The van der Waals surface area contributed by atoms with E-state index >= 15 is 0 Å². The van der Waals surface area contributed by atoms with Gasteiger partial charge >= 0.3 is 0 Å². The first-order valence-electron chi connectivity index (χ1n) is 8.99. The van der Waals surface area contributed by atoms with Gasteiger partial charge in [0.1, 0.15) is 0 Å². The second-order valence-electron chi connectivity index (χ2n) is 7.08. The third-order valence-electron chi connectivity index (χ3n) is 5.40. The minimum atomic E-state index is 0.536. The Bertz CT molecular complexity index is 674. The first kappa shape index (κ1) is 15.6. The molecule has 0 radical (unpaired) electrons. The van der Waals surface area contributed by atoms with Crippen LogP contribution in [0.2, 0.25) is 0 Å². The molecular formula is C18H26N6. The highest BCUT2D eigenvalue weighted by atomic mass is 15.3. The van der Waals surface area contributed by atoms with Crippen LogP contribution in [0, 0.1) is 13.8 Å².